The Labute approximate surface area is 126 Å². The lowest BCUT2D eigenvalue weighted by atomic mass is 10.0. The van der Waals surface area contributed by atoms with Crippen LogP contribution in [0.1, 0.15) is 18.5 Å². The number of thioether (sulfide) groups is 1. The number of nitriles is 2. The Balaban J connectivity index is 2.06. The molecule has 0 spiro atoms. The van der Waals surface area contributed by atoms with E-state index in [0.29, 0.717) is 5.69 Å². The highest BCUT2D eigenvalue weighted by Crippen LogP contribution is 2.29. The quantitative estimate of drug-likeness (QED) is 0.580. The van der Waals surface area contributed by atoms with E-state index < -0.39 is 0 Å². The van der Waals surface area contributed by atoms with Crippen LogP contribution in [0.15, 0.2) is 29.4 Å². The van der Waals surface area contributed by atoms with Crippen LogP contribution in [-0.2, 0) is 0 Å². The van der Waals surface area contributed by atoms with Gasteiger partial charge >= 0.3 is 0 Å². The van der Waals surface area contributed by atoms with Gasteiger partial charge in [-0.3, -0.25) is 15.6 Å². The number of hydrogen-bond acceptors (Lipinski definition) is 7. The molecule has 1 aromatic rings. The molecular formula is C13H12N6OS. The van der Waals surface area contributed by atoms with E-state index in [1.54, 1.807) is 24.3 Å². The zero-order valence-corrected chi connectivity index (χ0v) is 11.9. The van der Waals surface area contributed by atoms with Gasteiger partial charge in [0.25, 0.3) is 5.24 Å². The van der Waals surface area contributed by atoms with Crippen LogP contribution in [-0.4, -0.2) is 16.2 Å². The largest absolute Gasteiger partial charge is 0.293 e. The van der Waals surface area contributed by atoms with Gasteiger partial charge in [0, 0.05) is 5.25 Å². The summed E-state index contributed by atoms with van der Waals surface area (Å²) in [5, 5.41) is 20.8. The first-order chi connectivity index (χ1) is 10.1. The van der Waals surface area contributed by atoms with Crippen LogP contribution >= 0.6 is 11.8 Å². The number of hydrazone groups is 1. The highest BCUT2D eigenvalue weighted by Gasteiger charge is 2.27. The molecule has 0 aromatic heterocycles. The van der Waals surface area contributed by atoms with E-state index in [9.17, 15) is 4.79 Å². The number of amides is 1. The second-order valence-electron chi connectivity index (χ2n) is 4.28. The van der Waals surface area contributed by atoms with Gasteiger partial charge in [-0.2, -0.15) is 15.6 Å². The molecule has 106 valence electrons. The van der Waals surface area contributed by atoms with Gasteiger partial charge < -0.3 is 0 Å². The predicted molar refractivity (Wildman–Crippen MR) is 80.2 cm³/mol. The Morgan fingerprint density at radius 3 is 2.57 bits per heavy atom. The highest BCUT2D eigenvalue weighted by molar-refractivity contribution is 8.14. The Hall–Kier alpha value is -2.55. The van der Waals surface area contributed by atoms with Crippen molar-refractivity contribution in [3.8, 4) is 12.1 Å². The molecule has 8 heteroatoms. The molecule has 2 unspecified atom stereocenters. The molecule has 0 aliphatic carbocycles. The van der Waals surface area contributed by atoms with Crippen molar-refractivity contribution in [3.63, 3.8) is 0 Å². The molecule has 0 bridgehead atoms. The molecule has 2 rings (SSSR count). The minimum Gasteiger partial charge on any atom is -0.282 e. The molecule has 1 amide bonds. The summed E-state index contributed by atoms with van der Waals surface area (Å²) in [6.45, 7) is 1.98. The van der Waals surface area contributed by atoms with Crippen LogP contribution in [0.25, 0.3) is 0 Å². The molecule has 1 aromatic carbocycles. The van der Waals surface area contributed by atoms with E-state index in [2.05, 4.69) is 21.4 Å². The molecule has 7 nitrogen and oxygen atoms in total. The highest BCUT2D eigenvalue weighted by atomic mass is 32.2. The first-order valence-corrected chi connectivity index (χ1v) is 6.98. The summed E-state index contributed by atoms with van der Waals surface area (Å²) in [5.74, 6) is 0. The number of anilines is 1. The summed E-state index contributed by atoms with van der Waals surface area (Å²) in [6, 6.07) is 10.7. The SMILES string of the molecule is CC1SC(=O)NNC1c1ccc(NN=C(C#N)C#N)cc1. The molecule has 1 fully saturated rings. The van der Waals surface area contributed by atoms with Crippen molar-refractivity contribution >= 4 is 28.4 Å². The zero-order chi connectivity index (χ0) is 15.2. The monoisotopic (exact) mass is 300 g/mol. The smallest absolute Gasteiger partial charge is 0.282 e. The molecule has 0 saturated carbocycles. The maximum Gasteiger partial charge on any atom is 0.293 e. The van der Waals surface area contributed by atoms with Crippen LogP contribution in [0.3, 0.4) is 0 Å². The molecular weight excluding hydrogens is 288 g/mol. The maximum atomic E-state index is 11.2. The van der Waals surface area contributed by atoms with Gasteiger partial charge in [0.05, 0.1) is 11.7 Å². The molecule has 3 N–H and O–H groups in total. The average molecular weight is 300 g/mol. The van der Waals surface area contributed by atoms with Crippen molar-refractivity contribution in [2.45, 2.75) is 18.2 Å². The third-order valence-corrected chi connectivity index (χ3v) is 3.83. The fourth-order valence-electron chi connectivity index (χ4n) is 1.84. The fraction of sp³-hybridized carbons (Fsp3) is 0.231. The van der Waals surface area contributed by atoms with Crippen LogP contribution in [0.5, 0.6) is 0 Å². The van der Waals surface area contributed by atoms with E-state index in [4.69, 9.17) is 10.5 Å². The number of nitrogens with one attached hydrogen (secondary N) is 3. The second-order valence-corrected chi connectivity index (χ2v) is 5.63. The maximum absolute atomic E-state index is 11.2. The van der Waals surface area contributed by atoms with Gasteiger partial charge in [-0.05, 0) is 17.7 Å². The summed E-state index contributed by atoms with van der Waals surface area (Å²) >= 11 is 1.25. The zero-order valence-electron chi connectivity index (χ0n) is 11.1. The second kappa shape index (κ2) is 6.75. The van der Waals surface area contributed by atoms with Gasteiger partial charge in [0.2, 0.25) is 5.71 Å². The van der Waals surface area contributed by atoms with Gasteiger partial charge in [0.15, 0.2) is 0 Å². The molecule has 1 aliphatic heterocycles. The van der Waals surface area contributed by atoms with Gasteiger partial charge in [-0.25, -0.2) is 5.43 Å². The van der Waals surface area contributed by atoms with Crippen LogP contribution < -0.4 is 16.3 Å². The number of benzene rings is 1. The van der Waals surface area contributed by atoms with Crippen molar-refractivity contribution in [1.82, 2.24) is 10.9 Å². The van der Waals surface area contributed by atoms with E-state index in [1.165, 1.54) is 11.8 Å². The Bertz CT molecular complexity index is 626. The number of carbonyl (C=O) groups excluding carboxylic acids is 1. The number of nitrogens with zero attached hydrogens (tertiary/aromatic N) is 3. The molecule has 1 aliphatic rings. The normalized spacial score (nSPS) is 20.6. The lowest BCUT2D eigenvalue weighted by Crippen LogP contribution is -2.46. The van der Waals surface area contributed by atoms with Crippen molar-refractivity contribution in [1.29, 1.82) is 10.5 Å². The molecule has 0 radical (unpaired) electrons. The summed E-state index contributed by atoms with van der Waals surface area (Å²) < 4.78 is 0. The minimum atomic E-state index is -0.235. The predicted octanol–water partition coefficient (Wildman–Crippen LogP) is 1.89. The van der Waals surface area contributed by atoms with Crippen molar-refractivity contribution in [3.05, 3.63) is 29.8 Å². The molecule has 1 heterocycles. The van der Waals surface area contributed by atoms with Crippen molar-refractivity contribution in [2.24, 2.45) is 5.10 Å². The van der Waals surface area contributed by atoms with Gasteiger partial charge in [-0.1, -0.05) is 30.8 Å². The third kappa shape index (κ3) is 3.72. The van der Waals surface area contributed by atoms with E-state index in [0.717, 1.165) is 5.56 Å². The van der Waals surface area contributed by atoms with Crippen LogP contribution in [0.4, 0.5) is 10.5 Å². The number of hydrogen-bond donors (Lipinski definition) is 3. The lowest BCUT2D eigenvalue weighted by Gasteiger charge is -2.29. The number of hydrazine groups is 1. The van der Waals surface area contributed by atoms with E-state index >= 15 is 0 Å². The average Bonchev–Trinajstić information content (AvgIpc) is 2.49. The fourth-order valence-corrected chi connectivity index (χ4v) is 2.65. The van der Waals surface area contributed by atoms with E-state index in [-0.39, 0.29) is 22.2 Å². The summed E-state index contributed by atoms with van der Waals surface area (Å²) in [4.78, 5) is 11.2. The topological polar surface area (TPSA) is 113 Å². The molecule has 2 atom stereocenters. The summed E-state index contributed by atoms with van der Waals surface area (Å²) in [6.07, 6.45) is 0. The van der Waals surface area contributed by atoms with Gasteiger partial charge in [-0.15, -0.1) is 0 Å². The van der Waals surface area contributed by atoms with E-state index in [1.807, 2.05) is 19.1 Å². The number of rotatable bonds is 3. The summed E-state index contributed by atoms with van der Waals surface area (Å²) in [5.41, 5.74) is 9.66. The van der Waals surface area contributed by atoms with Crippen LogP contribution in [0.2, 0.25) is 0 Å². The van der Waals surface area contributed by atoms with Crippen molar-refractivity contribution in [2.75, 3.05) is 5.43 Å². The standard InChI is InChI=1S/C13H12N6OS/c1-8-12(18-19-13(20)21-8)9-2-4-10(5-3-9)16-17-11(6-14)7-15/h2-5,8,12,16,18H,1H3,(H,19,20). The minimum absolute atomic E-state index is 0.0130. The third-order valence-electron chi connectivity index (χ3n) is 2.87. The first-order valence-electron chi connectivity index (χ1n) is 6.10. The van der Waals surface area contributed by atoms with Gasteiger partial charge in [0.1, 0.15) is 12.1 Å². The first kappa shape index (κ1) is 14.9. The lowest BCUT2D eigenvalue weighted by molar-refractivity contribution is 0.251. The number of carbonyl (C=O) groups is 1. The van der Waals surface area contributed by atoms with Crippen LogP contribution in [0, 0.1) is 22.7 Å². The summed E-state index contributed by atoms with van der Waals surface area (Å²) in [7, 11) is 0. The Morgan fingerprint density at radius 2 is 2.00 bits per heavy atom. The molecule has 1 saturated heterocycles. The van der Waals surface area contributed by atoms with Crippen molar-refractivity contribution < 1.29 is 4.79 Å². The molecule has 21 heavy (non-hydrogen) atoms. The Morgan fingerprint density at radius 1 is 1.33 bits per heavy atom. The Kier molecular flexibility index (Phi) is 4.77.